The van der Waals surface area contributed by atoms with Crippen LogP contribution in [-0.2, 0) is 16.5 Å². The molecule has 0 radical (unpaired) electrons. The number of ether oxygens (including phenoxy) is 1. The zero-order valence-corrected chi connectivity index (χ0v) is 31.7. The number of rotatable bonds is 4. The summed E-state index contributed by atoms with van der Waals surface area (Å²) in [6.07, 6.45) is 14.1. The summed E-state index contributed by atoms with van der Waals surface area (Å²) in [5.74, 6) is 1.36. The van der Waals surface area contributed by atoms with Gasteiger partial charge in [0, 0.05) is 23.4 Å². The Morgan fingerprint density at radius 1 is 0.500 bits per heavy atom. The summed E-state index contributed by atoms with van der Waals surface area (Å²) in [6, 6.07) is 44.3. The van der Waals surface area contributed by atoms with Crippen molar-refractivity contribution in [3.8, 4) is 50.3 Å². The maximum absolute atomic E-state index is 7.01. The predicted octanol–water partition coefficient (Wildman–Crippen LogP) is 12.1. The average molecular weight is 766 g/mol. The quantitative estimate of drug-likeness (QED) is 0.132. The number of hydrogen-bond donors (Lipinski definition) is 0. The molecule has 10 rings (SSSR count). The molecule has 8 bridgehead atoms. The smallest absolute Gasteiger partial charge is 0.657 e. The average Bonchev–Trinajstić information content (AvgIpc) is 4.07. The van der Waals surface area contributed by atoms with Crippen LogP contribution in [0.2, 0.25) is 0 Å². The molecule has 6 aromatic rings. The summed E-state index contributed by atoms with van der Waals surface area (Å²) in [7, 11) is 0. The fraction of sp³-hybridized carbons (Fsp3) is 0.0400. The topological polar surface area (TPSA) is 61.5 Å². The summed E-state index contributed by atoms with van der Waals surface area (Å²) in [4.78, 5) is 21.0. The van der Waals surface area contributed by atoms with Crippen molar-refractivity contribution in [2.75, 3.05) is 0 Å². The molecule has 0 saturated heterocycles. The van der Waals surface area contributed by atoms with Crippen LogP contribution >= 0.6 is 0 Å². The van der Waals surface area contributed by atoms with E-state index in [1.165, 1.54) is 11.1 Å². The Kier molecular flexibility index (Phi) is 9.05. The van der Waals surface area contributed by atoms with Gasteiger partial charge in [0.2, 0.25) is 0 Å². The first kappa shape index (κ1) is 35.0. The zero-order valence-electron chi connectivity index (χ0n) is 30.7. The number of hydrogen-bond acceptors (Lipinski definition) is 4. The van der Waals surface area contributed by atoms with Crippen molar-refractivity contribution in [1.29, 1.82) is 0 Å². The number of nitrogens with zero attached hydrogens (tertiary/aromatic N) is 4. The zero-order chi connectivity index (χ0) is 36.9. The molecule has 5 nitrogen and oxygen atoms in total. The van der Waals surface area contributed by atoms with E-state index < -0.39 is 0 Å². The van der Waals surface area contributed by atoms with Gasteiger partial charge in [0.15, 0.2) is 0 Å². The Morgan fingerprint density at radius 2 is 0.964 bits per heavy atom. The molecule has 4 aliphatic rings. The van der Waals surface area contributed by atoms with Crippen LogP contribution in [0, 0.1) is 13.8 Å². The number of benzene rings is 4. The molecule has 0 N–H and O–H groups in total. The van der Waals surface area contributed by atoms with E-state index in [1.807, 2.05) is 36.4 Å². The molecular formula is C50H34N4NiO. The third kappa shape index (κ3) is 6.24. The predicted molar refractivity (Wildman–Crippen MR) is 227 cm³/mol. The molecule has 0 fully saturated rings. The van der Waals surface area contributed by atoms with E-state index in [0.29, 0.717) is 11.5 Å². The second kappa shape index (κ2) is 14.5. The van der Waals surface area contributed by atoms with E-state index in [9.17, 15) is 0 Å². The van der Waals surface area contributed by atoms with E-state index >= 15 is 0 Å². The fourth-order valence-corrected chi connectivity index (χ4v) is 7.61. The van der Waals surface area contributed by atoms with Crippen LogP contribution in [0.3, 0.4) is 0 Å². The molecule has 4 aromatic carbocycles. The van der Waals surface area contributed by atoms with Gasteiger partial charge in [0.05, 0.1) is 22.8 Å². The Morgan fingerprint density at radius 3 is 1.46 bits per heavy atom. The summed E-state index contributed by atoms with van der Waals surface area (Å²) >= 11 is 0. The van der Waals surface area contributed by atoms with Gasteiger partial charge in [-0.05, 0) is 78.1 Å². The normalized spacial score (nSPS) is 14.5. The standard InChI is InChI=1S/C50H34N4O.Ni/c1-31-15-19-35(20-16-31)47-39-24-23-38(52-39)46(33-10-5-3-6-11-33)37-30-45(55-50(37)44-14-9-29-51-44)49(34-12-7-4-8-13-34)43-28-27-42(54-43)48(41-26-25-40(47)53-41)36-21-17-32(2)18-22-36;/h3-30H,1-2H3;/q-2;+2. The van der Waals surface area contributed by atoms with Crippen molar-refractivity contribution < 1.29 is 21.2 Å². The first-order valence-electron chi connectivity index (χ1n) is 18.5. The van der Waals surface area contributed by atoms with Crippen molar-refractivity contribution in [2.24, 2.45) is 4.99 Å². The van der Waals surface area contributed by atoms with Gasteiger partial charge in [-0.25, -0.2) is 0 Å². The van der Waals surface area contributed by atoms with Gasteiger partial charge in [-0.1, -0.05) is 161 Å². The van der Waals surface area contributed by atoms with Crippen molar-refractivity contribution >= 4 is 47.3 Å². The number of aliphatic imine (C=N–C) groups is 1. The molecule has 0 atom stereocenters. The molecule has 6 heteroatoms. The second-order valence-corrected chi connectivity index (χ2v) is 14.0. The Bertz CT molecular complexity index is 2860. The summed E-state index contributed by atoms with van der Waals surface area (Å²) in [5, 5.41) is 0. The first-order valence-corrected chi connectivity index (χ1v) is 18.5. The maximum atomic E-state index is 7.01. The van der Waals surface area contributed by atoms with Gasteiger partial charge in [-0.3, -0.25) is 15.0 Å². The van der Waals surface area contributed by atoms with E-state index in [4.69, 9.17) is 24.7 Å². The van der Waals surface area contributed by atoms with Crippen molar-refractivity contribution in [1.82, 2.24) is 15.0 Å². The van der Waals surface area contributed by atoms with E-state index in [2.05, 4.69) is 141 Å². The van der Waals surface area contributed by atoms with Crippen LogP contribution in [0.15, 0.2) is 150 Å². The monoisotopic (exact) mass is 764 g/mol. The third-order valence-corrected chi connectivity index (χ3v) is 10.3. The minimum Gasteiger partial charge on any atom is -0.657 e. The van der Waals surface area contributed by atoms with Crippen molar-refractivity contribution in [2.45, 2.75) is 13.8 Å². The Hall–Kier alpha value is -6.75. The summed E-state index contributed by atoms with van der Waals surface area (Å²) < 4.78 is 7.01. The molecule has 4 aliphatic heterocycles. The minimum absolute atomic E-state index is 0. The van der Waals surface area contributed by atoms with Gasteiger partial charge < -0.3 is 9.72 Å². The van der Waals surface area contributed by atoms with Crippen LogP contribution in [0.1, 0.15) is 39.5 Å². The van der Waals surface area contributed by atoms with Crippen LogP contribution in [-0.4, -0.2) is 16.2 Å². The van der Waals surface area contributed by atoms with Crippen molar-refractivity contribution in [3.05, 3.63) is 185 Å². The fourth-order valence-electron chi connectivity index (χ4n) is 7.61. The minimum atomic E-state index is 0. The Balaban J connectivity index is 0.00000410. The van der Waals surface area contributed by atoms with E-state index in [0.717, 1.165) is 89.6 Å². The molecular weight excluding hydrogens is 731 g/mol. The van der Waals surface area contributed by atoms with Gasteiger partial charge >= 0.3 is 16.5 Å². The molecule has 270 valence electrons. The van der Waals surface area contributed by atoms with Crippen LogP contribution < -0.4 is 9.72 Å². The summed E-state index contributed by atoms with van der Waals surface area (Å²) in [6.45, 7) is 4.21. The van der Waals surface area contributed by atoms with Crippen LogP contribution in [0.5, 0.6) is 5.75 Å². The molecule has 0 unspecified atom stereocenters. The number of aromatic nitrogens is 3. The summed E-state index contributed by atoms with van der Waals surface area (Å²) in [5.41, 5.74) is 16.8. The number of fused-ring (bicyclic) bond motifs is 8. The molecule has 56 heavy (non-hydrogen) atoms. The molecule has 0 aliphatic carbocycles. The van der Waals surface area contributed by atoms with Gasteiger partial charge in [0.25, 0.3) is 0 Å². The van der Waals surface area contributed by atoms with Crippen molar-refractivity contribution in [3.63, 3.8) is 0 Å². The van der Waals surface area contributed by atoms with Gasteiger partial charge in [-0.15, -0.1) is 11.0 Å². The third-order valence-electron chi connectivity index (χ3n) is 10.3. The second-order valence-electron chi connectivity index (χ2n) is 14.0. The molecule has 6 heterocycles. The van der Waals surface area contributed by atoms with Gasteiger partial charge in [0.1, 0.15) is 0 Å². The Labute approximate surface area is 335 Å². The molecule has 0 spiro atoms. The largest absolute Gasteiger partial charge is 2.00 e. The van der Waals surface area contributed by atoms with Crippen LogP contribution in [0.25, 0.3) is 85.6 Å². The molecule has 0 amide bonds. The van der Waals surface area contributed by atoms with E-state index in [1.54, 1.807) is 6.21 Å². The molecule has 2 aromatic heterocycles. The first-order chi connectivity index (χ1) is 27.1. The molecule has 0 saturated carbocycles. The van der Waals surface area contributed by atoms with Crippen LogP contribution in [0.4, 0.5) is 0 Å². The van der Waals surface area contributed by atoms with Gasteiger partial charge in [-0.2, -0.15) is 0 Å². The SMILES string of the molecule is Cc1ccc(-c2c3nc(c(-c4ccccc4)c4[cH-]c(c(-c5ccccc5)c5nc(c(-c6ccc(C)cc6)c6ccc2[n-]6)C=C5)C(=C2C=CC=N2)O4)C=C3)cc1.[Ni+2]. The number of allylic oxidation sites excluding steroid dienone is 2. The maximum Gasteiger partial charge on any atom is 2.00 e. The van der Waals surface area contributed by atoms with E-state index in [-0.39, 0.29) is 16.5 Å². The number of aryl methyl sites for hydroxylation is 2.